The van der Waals surface area contributed by atoms with Crippen molar-refractivity contribution in [2.45, 2.75) is 38.1 Å². The van der Waals surface area contributed by atoms with Gasteiger partial charge in [0.2, 0.25) is 5.91 Å². The van der Waals surface area contributed by atoms with Crippen molar-refractivity contribution in [3.63, 3.8) is 0 Å². The molecule has 3 rings (SSSR count). The van der Waals surface area contributed by atoms with Crippen LogP contribution in [-0.4, -0.2) is 45.2 Å². The topological polar surface area (TPSA) is 60.3 Å². The van der Waals surface area contributed by atoms with E-state index in [0.29, 0.717) is 17.2 Å². The van der Waals surface area contributed by atoms with E-state index in [0.717, 1.165) is 25.9 Å². The van der Waals surface area contributed by atoms with E-state index < -0.39 is 0 Å². The van der Waals surface area contributed by atoms with Crippen molar-refractivity contribution in [1.82, 2.24) is 0 Å². The largest absolute Gasteiger partial charge is 0.497 e. The third-order valence-corrected chi connectivity index (χ3v) is 4.98. The van der Waals surface area contributed by atoms with Crippen LogP contribution in [0.5, 0.6) is 11.5 Å². The highest BCUT2D eigenvalue weighted by Crippen LogP contribution is 2.31. The average Bonchev–Trinajstić information content (AvgIpc) is 2.78. The first kappa shape index (κ1) is 16.8. The summed E-state index contributed by atoms with van der Waals surface area (Å²) < 4.78 is 10.5. The van der Waals surface area contributed by atoms with Crippen molar-refractivity contribution < 1.29 is 24.0 Å². The molecule has 0 saturated carbocycles. The van der Waals surface area contributed by atoms with Gasteiger partial charge in [-0.15, -0.1) is 0 Å². The predicted octanol–water partition coefficient (Wildman–Crippen LogP) is 0.795. The molecule has 0 bridgehead atoms. The number of quaternary nitrogens is 1. The Bertz CT molecular complexity index is 601. The van der Waals surface area contributed by atoms with Crippen LogP contribution in [0.25, 0.3) is 0 Å². The number of benzene rings is 1. The molecular weight excluding hydrogens is 308 g/mol. The Kier molecular flexibility index (Phi) is 5.04. The highest BCUT2D eigenvalue weighted by atomic mass is 16.5. The fourth-order valence-electron chi connectivity index (χ4n) is 3.67. The summed E-state index contributed by atoms with van der Waals surface area (Å²) in [5, 5.41) is 0. The monoisotopic (exact) mass is 333 g/mol. The van der Waals surface area contributed by atoms with Gasteiger partial charge in [0.15, 0.2) is 6.04 Å². The second-order valence-electron chi connectivity index (χ2n) is 6.47. The number of amides is 2. The molecule has 2 heterocycles. The summed E-state index contributed by atoms with van der Waals surface area (Å²) in [5.74, 6) is 0.885. The Balaban J connectivity index is 1.86. The number of carbonyl (C=O) groups excluding carboxylic acids is 2. The van der Waals surface area contributed by atoms with Gasteiger partial charge in [0.05, 0.1) is 39.4 Å². The summed E-state index contributed by atoms with van der Waals surface area (Å²) >= 11 is 0. The van der Waals surface area contributed by atoms with Crippen LogP contribution in [0.15, 0.2) is 18.2 Å². The number of imide groups is 1. The number of rotatable bonds is 4. The number of anilines is 1. The van der Waals surface area contributed by atoms with E-state index in [1.807, 2.05) is 0 Å². The zero-order chi connectivity index (χ0) is 17.1. The number of nitrogens with one attached hydrogen (secondary N) is 1. The molecule has 2 aliphatic heterocycles. The maximum atomic E-state index is 12.9. The van der Waals surface area contributed by atoms with E-state index in [-0.39, 0.29) is 24.3 Å². The average molecular weight is 333 g/mol. The van der Waals surface area contributed by atoms with Crippen molar-refractivity contribution >= 4 is 17.5 Å². The van der Waals surface area contributed by atoms with Crippen molar-refractivity contribution in [2.24, 2.45) is 0 Å². The van der Waals surface area contributed by atoms with E-state index in [9.17, 15) is 9.59 Å². The molecule has 1 N–H and O–H groups in total. The third kappa shape index (κ3) is 3.24. The number of methoxy groups -OCH3 is 2. The van der Waals surface area contributed by atoms with Crippen molar-refractivity contribution in [2.75, 3.05) is 32.2 Å². The minimum atomic E-state index is -0.257. The summed E-state index contributed by atoms with van der Waals surface area (Å²) in [7, 11) is 3.10. The molecule has 0 unspecified atom stereocenters. The molecule has 0 aliphatic carbocycles. The lowest BCUT2D eigenvalue weighted by Crippen LogP contribution is -3.16. The highest BCUT2D eigenvalue weighted by Gasteiger charge is 2.45. The van der Waals surface area contributed by atoms with Gasteiger partial charge in [-0.3, -0.25) is 9.59 Å². The Hall–Kier alpha value is -2.08. The lowest BCUT2D eigenvalue weighted by Gasteiger charge is -2.23. The summed E-state index contributed by atoms with van der Waals surface area (Å²) in [6.45, 7) is 1.94. The molecule has 1 aromatic rings. The van der Waals surface area contributed by atoms with Gasteiger partial charge in [-0.2, -0.15) is 0 Å². The van der Waals surface area contributed by atoms with Crippen LogP contribution in [-0.2, 0) is 9.59 Å². The fourth-order valence-corrected chi connectivity index (χ4v) is 3.67. The SMILES string of the molecule is COc1cc(OC)cc(N2C(=O)C[C@@H]([NH+]3CCCCCC3)C2=O)c1. The number of hydrogen-bond acceptors (Lipinski definition) is 4. The van der Waals surface area contributed by atoms with Crippen LogP contribution >= 0.6 is 0 Å². The van der Waals surface area contributed by atoms with Crippen LogP contribution < -0.4 is 19.3 Å². The summed E-state index contributed by atoms with van der Waals surface area (Å²) in [5.41, 5.74) is 0.526. The molecule has 2 aliphatic rings. The Morgan fingerprint density at radius 2 is 1.54 bits per heavy atom. The maximum Gasteiger partial charge on any atom is 0.292 e. The van der Waals surface area contributed by atoms with Gasteiger partial charge in [0.25, 0.3) is 5.91 Å². The molecule has 0 radical (unpaired) electrons. The third-order valence-electron chi connectivity index (χ3n) is 4.98. The van der Waals surface area contributed by atoms with Gasteiger partial charge in [-0.1, -0.05) is 0 Å². The van der Waals surface area contributed by atoms with Crippen molar-refractivity contribution in [1.29, 1.82) is 0 Å². The van der Waals surface area contributed by atoms with Crippen LogP contribution in [0.1, 0.15) is 32.1 Å². The standard InChI is InChI=1S/C18H24N2O4/c1-23-14-9-13(10-15(11-14)24-2)20-17(21)12-16(18(20)22)19-7-5-3-4-6-8-19/h9-11,16H,3-8,12H2,1-2H3/p+1/t16-/m1/s1. The van der Waals surface area contributed by atoms with Crippen LogP contribution in [0.2, 0.25) is 0 Å². The number of ether oxygens (including phenoxy) is 2. The molecule has 6 nitrogen and oxygen atoms in total. The van der Waals surface area contributed by atoms with E-state index in [1.165, 1.54) is 22.6 Å². The molecule has 0 spiro atoms. The number of likely N-dealkylation sites (tertiary alicyclic amines) is 1. The molecule has 2 saturated heterocycles. The molecule has 24 heavy (non-hydrogen) atoms. The first-order valence-corrected chi connectivity index (χ1v) is 8.58. The van der Waals surface area contributed by atoms with E-state index in [2.05, 4.69) is 0 Å². The van der Waals surface area contributed by atoms with Gasteiger partial charge in [-0.25, -0.2) is 4.90 Å². The van der Waals surface area contributed by atoms with E-state index in [1.54, 1.807) is 32.4 Å². The van der Waals surface area contributed by atoms with Crippen LogP contribution in [0.3, 0.4) is 0 Å². The lowest BCUT2D eigenvalue weighted by molar-refractivity contribution is -0.914. The molecule has 2 fully saturated rings. The molecule has 1 aromatic carbocycles. The first-order valence-electron chi connectivity index (χ1n) is 8.58. The van der Waals surface area contributed by atoms with Gasteiger partial charge in [0, 0.05) is 18.2 Å². The maximum absolute atomic E-state index is 12.9. The molecular formula is C18H25N2O4+. The molecule has 130 valence electrons. The molecule has 1 atom stereocenters. The second kappa shape index (κ2) is 7.21. The molecule has 6 heteroatoms. The first-order chi connectivity index (χ1) is 11.6. The number of hydrogen-bond donors (Lipinski definition) is 1. The Morgan fingerprint density at radius 1 is 0.958 bits per heavy atom. The predicted molar refractivity (Wildman–Crippen MR) is 89.6 cm³/mol. The molecule has 2 amide bonds. The van der Waals surface area contributed by atoms with Gasteiger partial charge in [0.1, 0.15) is 11.5 Å². The van der Waals surface area contributed by atoms with Crippen LogP contribution in [0.4, 0.5) is 5.69 Å². The minimum Gasteiger partial charge on any atom is -0.497 e. The smallest absolute Gasteiger partial charge is 0.292 e. The highest BCUT2D eigenvalue weighted by molar-refractivity contribution is 6.22. The summed E-state index contributed by atoms with van der Waals surface area (Å²) in [6.07, 6.45) is 4.97. The zero-order valence-corrected chi connectivity index (χ0v) is 14.3. The van der Waals surface area contributed by atoms with E-state index in [4.69, 9.17) is 9.47 Å². The Morgan fingerprint density at radius 3 is 2.08 bits per heavy atom. The Labute approximate surface area is 142 Å². The quantitative estimate of drug-likeness (QED) is 0.828. The number of nitrogens with zero attached hydrogens (tertiary/aromatic N) is 1. The van der Waals surface area contributed by atoms with Crippen molar-refractivity contribution in [3.05, 3.63) is 18.2 Å². The molecule has 0 aromatic heterocycles. The van der Waals surface area contributed by atoms with E-state index >= 15 is 0 Å². The zero-order valence-electron chi connectivity index (χ0n) is 14.3. The second-order valence-corrected chi connectivity index (χ2v) is 6.47. The van der Waals surface area contributed by atoms with Crippen molar-refractivity contribution in [3.8, 4) is 11.5 Å². The van der Waals surface area contributed by atoms with Crippen LogP contribution in [0, 0.1) is 0 Å². The minimum absolute atomic E-state index is 0.104. The fraction of sp³-hybridized carbons (Fsp3) is 0.556. The number of carbonyl (C=O) groups is 2. The normalized spacial score (nSPS) is 22.6. The summed E-state index contributed by atoms with van der Waals surface area (Å²) in [6, 6.07) is 4.89. The van der Waals surface area contributed by atoms with Gasteiger partial charge >= 0.3 is 0 Å². The van der Waals surface area contributed by atoms with Gasteiger partial charge in [-0.05, 0) is 25.7 Å². The lowest BCUT2D eigenvalue weighted by atomic mass is 10.2. The van der Waals surface area contributed by atoms with Gasteiger partial charge < -0.3 is 14.4 Å². The summed E-state index contributed by atoms with van der Waals surface area (Å²) in [4.78, 5) is 28.0.